The number of carbonyl (C=O) groups is 2. The summed E-state index contributed by atoms with van der Waals surface area (Å²) in [5.74, 6) is 1.05. The van der Waals surface area contributed by atoms with Crippen molar-refractivity contribution in [3.05, 3.63) is 42.0 Å². The summed E-state index contributed by atoms with van der Waals surface area (Å²) in [7, 11) is 6.92. The van der Waals surface area contributed by atoms with E-state index in [1.54, 1.807) is 30.1 Å². The van der Waals surface area contributed by atoms with Crippen LogP contribution in [0.2, 0.25) is 0 Å². The van der Waals surface area contributed by atoms with E-state index in [0.717, 1.165) is 53.9 Å². The van der Waals surface area contributed by atoms with Gasteiger partial charge in [0.15, 0.2) is 0 Å². The van der Waals surface area contributed by atoms with Crippen molar-refractivity contribution < 1.29 is 14.3 Å². The Morgan fingerprint density at radius 2 is 2.00 bits per heavy atom. The van der Waals surface area contributed by atoms with E-state index < -0.39 is 0 Å². The van der Waals surface area contributed by atoms with E-state index in [4.69, 9.17) is 9.72 Å². The molecule has 0 radical (unpaired) electrons. The number of aryl methyl sites for hydroxylation is 3. The molecule has 2 aromatic heterocycles. The molecule has 10 heteroatoms. The minimum atomic E-state index is -0.344. The number of likely N-dealkylation sites (N-methyl/N-ethyl adjacent to an activating group) is 2. The first-order chi connectivity index (χ1) is 16.8. The summed E-state index contributed by atoms with van der Waals surface area (Å²) in [6, 6.07) is 6.05. The maximum absolute atomic E-state index is 12.5. The molecular weight excluding hydrogens is 446 g/mol. The molecule has 1 atom stereocenters. The smallest absolute Gasteiger partial charge is 0.414 e. The van der Waals surface area contributed by atoms with Gasteiger partial charge in [-0.3, -0.25) is 19.3 Å². The molecule has 1 aromatic carbocycles. The third-order valence-corrected chi connectivity index (χ3v) is 6.70. The van der Waals surface area contributed by atoms with Crippen molar-refractivity contribution in [3.8, 4) is 0 Å². The number of hydrogen-bond donors (Lipinski definition) is 0. The number of methoxy groups -OCH3 is 1. The molecule has 0 aliphatic carbocycles. The summed E-state index contributed by atoms with van der Waals surface area (Å²) in [6.07, 6.45) is 5.82. The fourth-order valence-electron chi connectivity index (χ4n) is 4.66. The predicted octanol–water partition coefficient (Wildman–Crippen LogP) is 2.40. The number of imidazole rings is 1. The van der Waals surface area contributed by atoms with Crippen LogP contribution >= 0.6 is 0 Å². The molecule has 10 nitrogen and oxygen atoms in total. The molecule has 2 amide bonds. The van der Waals surface area contributed by atoms with Gasteiger partial charge >= 0.3 is 6.09 Å². The van der Waals surface area contributed by atoms with E-state index in [1.807, 2.05) is 41.9 Å². The minimum absolute atomic E-state index is 0.0663. The number of nitrogens with zero attached hydrogens (tertiary/aromatic N) is 7. The normalized spacial score (nSPS) is 15.5. The second-order valence-electron chi connectivity index (χ2n) is 9.38. The molecule has 0 fully saturated rings. The van der Waals surface area contributed by atoms with Crippen LogP contribution in [0.25, 0.3) is 11.0 Å². The molecule has 0 saturated carbocycles. The maximum Gasteiger partial charge on any atom is 0.414 e. The molecular formula is C25H35N7O3. The van der Waals surface area contributed by atoms with Crippen molar-refractivity contribution >= 4 is 28.7 Å². The van der Waals surface area contributed by atoms with Gasteiger partial charge in [0.2, 0.25) is 5.91 Å². The van der Waals surface area contributed by atoms with Crippen LogP contribution in [0.4, 0.5) is 10.5 Å². The molecule has 35 heavy (non-hydrogen) atoms. The van der Waals surface area contributed by atoms with Gasteiger partial charge in [-0.15, -0.1) is 0 Å². The second kappa shape index (κ2) is 10.5. The highest BCUT2D eigenvalue weighted by molar-refractivity contribution is 5.95. The lowest BCUT2D eigenvalue weighted by Crippen LogP contribution is -2.42. The van der Waals surface area contributed by atoms with Crippen molar-refractivity contribution in [2.24, 2.45) is 0 Å². The first-order valence-electron chi connectivity index (χ1n) is 12.0. The van der Waals surface area contributed by atoms with Crippen molar-refractivity contribution in [2.75, 3.05) is 46.2 Å². The zero-order valence-electron chi connectivity index (χ0n) is 21.3. The highest BCUT2D eigenvalue weighted by Gasteiger charge is 2.31. The monoisotopic (exact) mass is 481 g/mol. The Balaban J connectivity index is 1.68. The van der Waals surface area contributed by atoms with Gasteiger partial charge in [0, 0.05) is 64.1 Å². The SMILES string of the molecule is COC(=O)N1c2ccc3c(nc(CCn4cccn4)n3CCN(C)CC(=O)N(C)C)c2CC[C@@H]1C. The summed E-state index contributed by atoms with van der Waals surface area (Å²) >= 11 is 0. The second-order valence-corrected chi connectivity index (χ2v) is 9.38. The van der Waals surface area contributed by atoms with Gasteiger partial charge in [-0.25, -0.2) is 9.78 Å². The molecule has 0 bridgehead atoms. The summed E-state index contributed by atoms with van der Waals surface area (Å²) in [6.45, 7) is 4.55. The van der Waals surface area contributed by atoms with Gasteiger partial charge in [0.05, 0.1) is 30.4 Å². The third kappa shape index (κ3) is 5.17. The fourth-order valence-corrected chi connectivity index (χ4v) is 4.66. The van der Waals surface area contributed by atoms with E-state index in [9.17, 15) is 9.59 Å². The maximum atomic E-state index is 12.5. The first-order valence-corrected chi connectivity index (χ1v) is 12.0. The van der Waals surface area contributed by atoms with Crippen molar-refractivity contribution in [1.82, 2.24) is 29.1 Å². The Hall–Kier alpha value is -3.40. The van der Waals surface area contributed by atoms with Gasteiger partial charge in [-0.1, -0.05) is 0 Å². The highest BCUT2D eigenvalue weighted by Crippen LogP contribution is 2.36. The van der Waals surface area contributed by atoms with Crippen molar-refractivity contribution in [3.63, 3.8) is 0 Å². The van der Waals surface area contributed by atoms with Crippen LogP contribution < -0.4 is 4.90 Å². The zero-order valence-corrected chi connectivity index (χ0v) is 21.3. The molecule has 0 saturated heterocycles. The molecule has 188 valence electrons. The van der Waals surface area contributed by atoms with Crippen LogP contribution in [0.1, 0.15) is 24.7 Å². The van der Waals surface area contributed by atoms with E-state index >= 15 is 0 Å². The average Bonchev–Trinajstić information content (AvgIpc) is 3.48. The minimum Gasteiger partial charge on any atom is -0.452 e. The molecule has 1 aliphatic rings. The third-order valence-electron chi connectivity index (χ3n) is 6.70. The lowest BCUT2D eigenvalue weighted by molar-refractivity contribution is -0.129. The summed E-state index contributed by atoms with van der Waals surface area (Å²) in [4.78, 5) is 35.1. The van der Waals surface area contributed by atoms with Crippen LogP contribution in [0.15, 0.2) is 30.6 Å². The van der Waals surface area contributed by atoms with Crippen LogP contribution in [0.3, 0.4) is 0 Å². The molecule has 4 rings (SSSR count). The van der Waals surface area contributed by atoms with E-state index in [0.29, 0.717) is 19.6 Å². The number of hydrogen-bond acceptors (Lipinski definition) is 6. The van der Waals surface area contributed by atoms with E-state index in [1.165, 1.54) is 7.11 Å². The Morgan fingerprint density at radius 1 is 1.20 bits per heavy atom. The van der Waals surface area contributed by atoms with E-state index in [-0.39, 0.29) is 18.0 Å². The average molecular weight is 482 g/mol. The Labute approximate surface area is 206 Å². The van der Waals surface area contributed by atoms with Gasteiger partial charge in [0.1, 0.15) is 5.82 Å². The molecule has 3 aromatic rings. The standard InChI is InChI=1S/C25H35N7O3/c1-18-7-8-19-20(32(18)25(34)35-5)9-10-21-24(19)27-22(11-14-30-13-6-12-26-30)31(21)16-15-29(4)17-23(33)28(2)3/h6,9-10,12-13,18H,7-8,11,14-17H2,1-5H3/t18-/m0/s1. The Kier molecular flexibility index (Phi) is 7.39. The summed E-state index contributed by atoms with van der Waals surface area (Å²) in [5, 5.41) is 4.33. The molecule has 3 heterocycles. The number of carbonyl (C=O) groups excluding carboxylic acids is 2. The quantitative estimate of drug-likeness (QED) is 0.491. The lowest BCUT2D eigenvalue weighted by Gasteiger charge is -2.34. The zero-order chi connectivity index (χ0) is 25.1. The molecule has 0 N–H and O–H groups in total. The van der Waals surface area contributed by atoms with Crippen molar-refractivity contribution in [2.45, 2.75) is 45.3 Å². The number of anilines is 1. The number of fused-ring (bicyclic) bond motifs is 3. The molecule has 0 spiro atoms. The molecule has 1 aliphatic heterocycles. The van der Waals surface area contributed by atoms with Gasteiger partial charge in [-0.2, -0.15) is 5.10 Å². The van der Waals surface area contributed by atoms with Gasteiger partial charge in [-0.05, 0) is 45.0 Å². The lowest BCUT2D eigenvalue weighted by atomic mass is 9.96. The largest absolute Gasteiger partial charge is 0.452 e. The first kappa shape index (κ1) is 24.7. The van der Waals surface area contributed by atoms with Crippen LogP contribution in [-0.4, -0.2) is 88.5 Å². The number of aromatic nitrogens is 4. The number of rotatable bonds is 8. The number of ether oxygens (including phenoxy) is 1. The number of benzene rings is 1. The Morgan fingerprint density at radius 3 is 2.69 bits per heavy atom. The summed E-state index contributed by atoms with van der Waals surface area (Å²) < 4.78 is 9.22. The number of amides is 2. The van der Waals surface area contributed by atoms with Crippen LogP contribution in [0.5, 0.6) is 0 Å². The topological polar surface area (TPSA) is 88.7 Å². The molecule has 0 unspecified atom stereocenters. The van der Waals surface area contributed by atoms with E-state index in [2.05, 4.69) is 15.7 Å². The van der Waals surface area contributed by atoms with Crippen LogP contribution in [0, 0.1) is 0 Å². The predicted molar refractivity (Wildman–Crippen MR) is 135 cm³/mol. The summed E-state index contributed by atoms with van der Waals surface area (Å²) in [5.41, 5.74) is 3.94. The highest BCUT2D eigenvalue weighted by atomic mass is 16.5. The Bertz CT molecular complexity index is 1190. The fraction of sp³-hybridized carbons (Fsp3) is 0.520. The van der Waals surface area contributed by atoms with Gasteiger partial charge < -0.3 is 14.2 Å². The van der Waals surface area contributed by atoms with Crippen molar-refractivity contribution in [1.29, 1.82) is 0 Å². The van der Waals surface area contributed by atoms with Gasteiger partial charge in [0.25, 0.3) is 0 Å². The van der Waals surface area contributed by atoms with Crippen LogP contribution in [-0.2, 0) is 35.5 Å².